The summed E-state index contributed by atoms with van der Waals surface area (Å²) in [5.74, 6) is 4.33. The second-order valence-electron chi connectivity index (χ2n) is 10.8. The Bertz CT molecular complexity index is 305. The van der Waals surface area contributed by atoms with Crippen LogP contribution < -0.4 is 0 Å². The lowest BCUT2D eigenvalue weighted by molar-refractivity contribution is 0.282. The highest BCUT2D eigenvalue weighted by Crippen LogP contribution is 2.34. The maximum atomic E-state index is 1.56. The van der Waals surface area contributed by atoms with Crippen LogP contribution in [0.15, 0.2) is 0 Å². The van der Waals surface area contributed by atoms with Crippen LogP contribution in [0.2, 0.25) is 0 Å². The summed E-state index contributed by atoms with van der Waals surface area (Å²) >= 11 is 0. The fourth-order valence-electron chi connectivity index (χ4n) is 6.78. The van der Waals surface area contributed by atoms with Crippen LogP contribution in [0.25, 0.3) is 0 Å². The fourth-order valence-corrected chi connectivity index (χ4v) is 6.78. The van der Waals surface area contributed by atoms with E-state index in [1.165, 1.54) is 44.9 Å². The van der Waals surface area contributed by atoms with E-state index in [1.54, 1.807) is 103 Å². The molecule has 0 amide bonds. The molecule has 0 spiro atoms. The van der Waals surface area contributed by atoms with Crippen LogP contribution in [0.5, 0.6) is 0 Å². The van der Waals surface area contributed by atoms with Gasteiger partial charge in [0.25, 0.3) is 0 Å². The number of hydrogen-bond acceptors (Lipinski definition) is 0. The molecule has 4 bridgehead atoms. The largest absolute Gasteiger partial charge is 0.0533 e. The Hall–Kier alpha value is 0. The molecule has 0 aromatic heterocycles. The molecule has 6 saturated carbocycles. The molecule has 0 heterocycles. The van der Waals surface area contributed by atoms with Gasteiger partial charge in [-0.05, 0) is 23.7 Å². The first-order valence-corrected chi connectivity index (χ1v) is 13.4. The predicted octanol–water partition coefficient (Wildman–Crippen LogP) is 9.46. The highest BCUT2D eigenvalue weighted by molar-refractivity contribution is 4.72. The molecule has 6 aliphatic rings. The zero-order valence-corrected chi connectivity index (χ0v) is 18.6. The third kappa shape index (κ3) is 8.91. The Labute approximate surface area is 171 Å². The molecule has 6 rings (SSSR count). The summed E-state index contributed by atoms with van der Waals surface area (Å²) in [5, 5.41) is 0. The monoisotopic (exact) mass is 374 g/mol. The molecule has 0 aliphatic heterocycles. The Morgan fingerprint density at radius 1 is 0.185 bits per heavy atom. The summed E-state index contributed by atoms with van der Waals surface area (Å²) in [6.45, 7) is 0. The Kier molecular flexibility index (Phi) is 10.7. The zero-order valence-electron chi connectivity index (χ0n) is 18.6. The molecule has 0 nitrogen and oxygen atoms in total. The van der Waals surface area contributed by atoms with E-state index in [4.69, 9.17) is 0 Å². The van der Waals surface area contributed by atoms with E-state index >= 15 is 0 Å². The fraction of sp³-hybridized carbons (Fsp3) is 1.00. The van der Waals surface area contributed by atoms with Gasteiger partial charge in [-0.25, -0.2) is 0 Å². The van der Waals surface area contributed by atoms with Crippen LogP contribution in [0, 0.1) is 23.7 Å². The smallest absolute Gasteiger partial charge is 0.0414 e. The Morgan fingerprint density at radius 3 is 0.630 bits per heavy atom. The first kappa shape index (κ1) is 21.7. The number of rotatable bonds is 0. The van der Waals surface area contributed by atoms with Crippen molar-refractivity contribution in [3.05, 3.63) is 0 Å². The van der Waals surface area contributed by atoms with Crippen molar-refractivity contribution >= 4 is 0 Å². The Balaban J connectivity index is 1.46. The molecular formula is C27H50. The van der Waals surface area contributed by atoms with Crippen molar-refractivity contribution in [3.8, 4) is 0 Å². The summed E-state index contributed by atoms with van der Waals surface area (Å²) in [7, 11) is 0. The van der Waals surface area contributed by atoms with Crippen molar-refractivity contribution in [1.82, 2.24) is 0 Å². The van der Waals surface area contributed by atoms with Gasteiger partial charge in [-0.1, -0.05) is 148 Å². The van der Waals surface area contributed by atoms with Crippen LogP contribution in [-0.2, 0) is 0 Å². The average molecular weight is 375 g/mol. The van der Waals surface area contributed by atoms with E-state index in [2.05, 4.69) is 0 Å². The normalized spacial score (nSPS) is 36.4. The van der Waals surface area contributed by atoms with Crippen LogP contribution in [0.4, 0.5) is 0 Å². The third-order valence-corrected chi connectivity index (χ3v) is 8.60. The molecule has 27 heavy (non-hydrogen) atoms. The van der Waals surface area contributed by atoms with Gasteiger partial charge in [-0.2, -0.15) is 0 Å². The van der Waals surface area contributed by atoms with E-state index in [1.807, 2.05) is 0 Å². The molecule has 0 N–H and O–H groups in total. The molecule has 0 unspecified atom stereocenters. The molecule has 0 saturated heterocycles. The van der Waals surface area contributed by atoms with Crippen molar-refractivity contribution in [3.63, 3.8) is 0 Å². The molecule has 0 aromatic rings. The van der Waals surface area contributed by atoms with Gasteiger partial charge in [0, 0.05) is 0 Å². The van der Waals surface area contributed by atoms with E-state index in [-0.39, 0.29) is 0 Å². The van der Waals surface area contributed by atoms with Gasteiger partial charge in [0.15, 0.2) is 0 Å². The summed E-state index contributed by atoms with van der Waals surface area (Å²) in [6, 6.07) is 0. The van der Waals surface area contributed by atoms with Gasteiger partial charge in [0.05, 0.1) is 0 Å². The number of hydrogen-bond donors (Lipinski definition) is 0. The summed E-state index contributed by atoms with van der Waals surface area (Å²) in [6.07, 6.45) is 35.5. The molecule has 158 valence electrons. The highest BCUT2D eigenvalue weighted by Gasteiger charge is 2.19. The summed E-state index contributed by atoms with van der Waals surface area (Å²) in [4.78, 5) is 0. The van der Waals surface area contributed by atoms with E-state index in [0.717, 1.165) is 23.7 Å². The van der Waals surface area contributed by atoms with Crippen LogP contribution in [0.1, 0.15) is 148 Å². The minimum atomic E-state index is 1.08. The molecule has 0 radical (unpaired) electrons. The van der Waals surface area contributed by atoms with Gasteiger partial charge < -0.3 is 0 Å². The van der Waals surface area contributed by atoms with E-state index < -0.39 is 0 Å². The van der Waals surface area contributed by atoms with Crippen LogP contribution in [0.3, 0.4) is 0 Å². The standard InChI is InChI=1S/C27H50/c1-2-5-13-25-18-10-22-27(23-11-19-25)15-7-3-6-14-26-20-8-16-24(12-4-1)17-9-21-26/h24-27H,1-23H2. The van der Waals surface area contributed by atoms with Crippen LogP contribution >= 0.6 is 0 Å². The second-order valence-corrected chi connectivity index (χ2v) is 10.8. The average Bonchev–Trinajstić information content (AvgIpc) is 2.62. The van der Waals surface area contributed by atoms with Gasteiger partial charge in [-0.3, -0.25) is 0 Å². The van der Waals surface area contributed by atoms with Gasteiger partial charge in [0.2, 0.25) is 0 Å². The first-order chi connectivity index (χ1) is 13.4. The predicted molar refractivity (Wildman–Crippen MR) is 120 cm³/mol. The maximum Gasteiger partial charge on any atom is -0.0414 e. The Morgan fingerprint density at radius 2 is 0.370 bits per heavy atom. The molecule has 0 atom stereocenters. The molecule has 0 heteroatoms. The molecule has 6 aliphatic carbocycles. The lowest BCUT2D eigenvalue weighted by atomic mass is 9.81. The van der Waals surface area contributed by atoms with Gasteiger partial charge in [0.1, 0.15) is 0 Å². The highest BCUT2D eigenvalue weighted by atomic mass is 14.2. The first-order valence-electron chi connectivity index (χ1n) is 13.4. The summed E-state index contributed by atoms with van der Waals surface area (Å²) < 4.78 is 0. The van der Waals surface area contributed by atoms with Crippen molar-refractivity contribution in [2.45, 2.75) is 148 Å². The van der Waals surface area contributed by atoms with Gasteiger partial charge >= 0.3 is 0 Å². The maximum absolute atomic E-state index is 1.56. The van der Waals surface area contributed by atoms with Crippen molar-refractivity contribution in [1.29, 1.82) is 0 Å². The third-order valence-electron chi connectivity index (χ3n) is 8.60. The van der Waals surface area contributed by atoms with Gasteiger partial charge in [-0.15, -0.1) is 0 Å². The van der Waals surface area contributed by atoms with Crippen molar-refractivity contribution in [2.75, 3.05) is 0 Å². The summed E-state index contributed by atoms with van der Waals surface area (Å²) in [5.41, 5.74) is 0. The minimum absolute atomic E-state index is 1.08. The minimum Gasteiger partial charge on any atom is -0.0533 e. The zero-order chi connectivity index (χ0) is 18.6. The SMILES string of the molecule is C1CCCC2CCCC(CCCCCC3CCCC(CC1)CCC3)CCC2. The van der Waals surface area contributed by atoms with Crippen molar-refractivity contribution in [2.24, 2.45) is 23.7 Å². The second kappa shape index (κ2) is 13.3. The lowest BCUT2D eigenvalue weighted by Gasteiger charge is -2.25. The van der Waals surface area contributed by atoms with Crippen LogP contribution in [-0.4, -0.2) is 0 Å². The van der Waals surface area contributed by atoms with E-state index in [0.29, 0.717) is 0 Å². The molecule has 0 aromatic carbocycles. The topological polar surface area (TPSA) is 0 Å². The van der Waals surface area contributed by atoms with Crippen molar-refractivity contribution < 1.29 is 0 Å². The quantitative estimate of drug-likeness (QED) is 0.396. The molecular weight excluding hydrogens is 324 g/mol. The lowest BCUT2D eigenvalue weighted by Crippen LogP contribution is -2.10. The van der Waals surface area contributed by atoms with E-state index in [9.17, 15) is 0 Å². The molecule has 6 fully saturated rings.